The molecule has 2 unspecified atom stereocenters. The van der Waals surface area contributed by atoms with Crippen LogP contribution in [0.25, 0.3) is 27.9 Å². The summed E-state index contributed by atoms with van der Waals surface area (Å²) in [5, 5.41) is 8.60. The van der Waals surface area contributed by atoms with Crippen LogP contribution in [0.4, 0.5) is 10.2 Å². The van der Waals surface area contributed by atoms with Crippen molar-refractivity contribution in [1.29, 1.82) is 0 Å². The van der Waals surface area contributed by atoms with Crippen LogP contribution < -0.4 is 5.32 Å². The highest BCUT2D eigenvalue weighted by Gasteiger charge is 2.48. The second-order valence-corrected chi connectivity index (χ2v) is 14.0. The maximum atomic E-state index is 14.7. The van der Waals surface area contributed by atoms with Crippen molar-refractivity contribution >= 4 is 38.4 Å². The molecule has 13 heteroatoms. The van der Waals surface area contributed by atoms with E-state index in [4.69, 9.17) is 19.6 Å². The summed E-state index contributed by atoms with van der Waals surface area (Å²) in [6.45, 7) is 4.32. The maximum Gasteiger partial charge on any atom is 0.311 e. The molecule has 0 saturated heterocycles. The highest BCUT2D eigenvalue weighted by Crippen LogP contribution is 2.47. The fraction of sp³-hybridized carbons (Fsp3) is 0.394. The zero-order valence-electron chi connectivity index (χ0n) is 25.8. The predicted octanol–water partition coefficient (Wildman–Crippen LogP) is 5.36. The number of carbonyl (C=O) groups is 1. The number of hydrogen-bond donors (Lipinski definition) is 1. The van der Waals surface area contributed by atoms with E-state index in [9.17, 15) is 17.6 Å². The number of ether oxygens (including phenoxy) is 2. The van der Waals surface area contributed by atoms with Crippen molar-refractivity contribution in [3.05, 3.63) is 71.9 Å². The first-order chi connectivity index (χ1) is 22.2. The van der Waals surface area contributed by atoms with Crippen molar-refractivity contribution in [2.75, 3.05) is 19.0 Å². The number of aromatic nitrogens is 5. The second-order valence-electron chi connectivity index (χ2n) is 12.2. The molecule has 2 bridgehead atoms. The molecule has 3 fully saturated rings. The molecule has 240 valence electrons. The van der Waals surface area contributed by atoms with E-state index in [1.807, 2.05) is 26.1 Å². The fourth-order valence-corrected chi connectivity index (χ4v) is 8.47. The first-order valence-corrected chi connectivity index (χ1v) is 16.9. The first kappa shape index (κ1) is 30.3. The second kappa shape index (κ2) is 11.8. The number of benzene rings is 1. The number of halogens is 1. The molecule has 2 atom stereocenters. The number of methoxy groups -OCH3 is 1. The van der Waals surface area contributed by atoms with Gasteiger partial charge in [0.2, 0.25) is 0 Å². The zero-order valence-corrected chi connectivity index (χ0v) is 26.6. The number of rotatable bonds is 9. The van der Waals surface area contributed by atoms with Crippen molar-refractivity contribution in [3.63, 3.8) is 0 Å². The van der Waals surface area contributed by atoms with Crippen LogP contribution in [0.3, 0.4) is 0 Å². The highest BCUT2D eigenvalue weighted by molar-refractivity contribution is 7.90. The molecular formula is C33H35FN6O5S. The minimum Gasteiger partial charge on any atom is -0.466 e. The van der Waals surface area contributed by atoms with E-state index in [0.29, 0.717) is 24.5 Å². The van der Waals surface area contributed by atoms with Crippen molar-refractivity contribution < 1.29 is 27.1 Å². The summed E-state index contributed by atoms with van der Waals surface area (Å²) in [6, 6.07) is 9.43. The summed E-state index contributed by atoms with van der Waals surface area (Å²) in [5.41, 5.74) is 2.77. The van der Waals surface area contributed by atoms with Crippen LogP contribution >= 0.6 is 0 Å². The van der Waals surface area contributed by atoms with Crippen LogP contribution in [-0.4, -0.2) is 57.7 Å². The Morgan fingerprint density at radius 2 is 1.83 bits per heavy atom. The Morgan fingerprint density at radius 3 is 2.54 bits per heavy atom. The lowest BCUT2D eigenvalue weighted by molar-refractivity contribution is -0.154. The SMILES string of the molecule is CCOC(=O)C1C2CCC(CC2)C1Nc1nc(-c2cn(S(=O)(=O)c3ccc(C)cc3)c3ncc(F)cc23)nn2cc(COC)cc12. The quantitative estimate of drug-likeness (QED) is 0.211. The van der Waals surface area contributed by atoms with Crippen LogP contribution in [0.2, 0.25) is 0 Å². The molecule has 0 amide bonds. The van der Waals surface area contributed by atoms with Gasteiger partial charge in [0, 0.05) is 36.5 Å². The Kier molecular flexibility index (Phi) is 7.76. The van der Waals surface area contributed by atoms with Crippen LogP contribution in [0.15, 0.2) is 59.9 Å². The van der Waals surface area contributed by atoms with Gasteiger partial charge in [-0.05, 0) is 81.2 Å². The summed E-state index contributed by atoms with van der Waals surface area (Å²) in [7, 11) is -2.50. The van der Waals surface area contributed by atoms with Gasteiger partial charge in [0.1, 0.15) is 11.3 Å². The number of nitrogens with one attached hydrogen (secondary N) is 1. The third-order valence-electron chi connectivity index (χ3n) is 9.31. The lowest BCUT2D eigenvalue weighted by atomic mass is 9.61. The normalized spacial score (nSPS) is 21.2. The lowest BCUT2D eigenvalue weighted by Gasteiger charge is -2.47. The van der Waals surface area contributed by atoms with Gasteiger partial charge in [-0.1, -0.05) is 17.7 Å². The number of esters is 1. The standard InChI is InChI=1S/C33H35FN6O5S/c1-4-45-33(41)28-21-7-9-22(10-8-21)29(28)36-31-27-13-20(18-44-3)16-39(27)38-30(37-31)26-17-40(32-25(26)14-23(34)15-35-32)46(42,43)24-11-5-19(2)6-12-24/h5-6,11-17,21-22,28-29H,4,7-10,18H2,1-3H3,(H,36,37,38). The van der Waals surface area contributed by atoms with Crippen LogP contribution in [0.1, 0.15) is 43.7 Å². The number of carbonyl (C=O) groups excluding carboxylic acids is 1. The third kappa shape index (κ3) is 5.20. The zero-order chi connectivity index (χ0) is 32.2. The Bertz CT molecular complexity index is 2050. The lowest BCUT2D eigenvalue weighted by Crippen LogP contribution is -2.52. The molecule has 0 aliphatic heterocycles. The highest BCUT2D eigenvalue weighted by atomic mass is 32.2. The molecule has 0 spiro atoms. The van der Waals surface area contributed by atoms with E-state index < -0.39 is 15.8 Å². The Morgan fingerprint density at radius 1 is 1.09 bits per heavy atom. The summed E-state index contributed by atoms with van der Waals surface area (Å²) >= 11 is 0. The molecule has 46 heavy (non-hydrogen) atoms. The molecule has 3 saturated carbocycles. The van der Waals surface area contributed by atoms with Crippen molar-refractivity contribution in [3.8, 4) is 11.4 Å². The molecule has 4 aromatic heterocycles. The fourth-order valence-electron chi connectivity index (χ4n) is 7.15. The average Bonchev–Trinajstić information content (AvgIpc) is 3.63. The maximum absolute atomic E-state index is 14.7. The number of pyridine rings is 1. The topological polar surface area (TPSA) is 130 Å². The van der Waals surface area contributed by atoms with Gasteiger partial charge in [0.25, 0.3) is 10.0 Å². The Labute approximate surface area is 265 Å². The van der Waals surface area contributed by atoms with E-state index in [1.54, 1.807) is 23.8 Å². The van der Waals surface area contributed by atoms with Gasteiger partial charge in [-0.25, -0.2) is 31.3 Å². The van der Waals surface area contributed by atoms with Crippen molar-refractivity contribution in [2.24, 2.45) is 17.8 Å². The molecule has 4 heterocycles. The number of aryl methyl sites for hydroxylation is 1. The van der Waals surface area contributed by atoms with Crippen LogP contribution in [-0.2, 0) is 30.9 Å². The molecule has 11 nitrogen and oxygen atoms in total. The van der Waals surface area contributed by atoms with E-state index in [-0.39, 0.29) is 57.1 Å². The van der Waals surface area contributed by atoms with Gasteiger partial charge in [0.05, 0.1) is 30.2 Å². The van der Waals surface area contributed by atoms with Crippen LogP contribution in [0.5, 0.6) is 0 Å². The molecule has 1 N–H and O–H groups in total. The largest absolute Gasteiger partial charge is 0.466 e. The van der Waals surface area contributed by atoms with Gasteiger partial charge in [-0.3, -0.25) is 4.79 Å². The van der Waals surface area contributed by atoms with E-state index >= 15 is 0 Å². The summed E-state index contributed by atoms with van der Waals surface area (Å²) in [6.07, 6.45) is 8.14. The molecular weight excluding hydrogens is 611 g/mol. The molecule has 3 aliphatic rings. The molecule has 1 aromatic carbocycles. The molecule has 0 radical (unpaired) electrons. The van der Waals surface area contributed by atoms with Gasteiger partial charge >= 0.3 is 5.97 Å². The number of nitrogens with zero attached hydrogens (tertiary/aromatic N) is 5. The summed E-state index contributed by atoms with van der Waals surface area (Å²) < 4.78 is 56.0. The van der Waals surface area contributed by atoms with E-state index in [1.165, 1.54) is 24.4 Å². The molecule has 3 aliphatic carbocycles. The summed E-state index contributed by atoms with van der Waals surface area (Å²) in [5.74, 6) is -0.0398. The predicted molar refractivity (Wildman–Crippen MR) is 169 cm³/mol. The van der Waals surface area contributed by atoms with E-state index in [2.05, 4.69) is 10.3 Å². The Balaban J connectivity index is 1.39. The van der Waals surface area contributed by atoms with Crippen molar-refractivity contribution in [2.45, 2.75) is 57.1 Å². The number of anilines is 1. The smallest absolute Gasteiger partial charge is 0.311 e. The first-order valence-electron chi connectivity index (χ1n) is 15.5. The number of fused-ring (bicyclic) bond motifs is 5. The monoisotopic (exact) mass is 646 g/mol. The van der Waals surface area contributed by atoms with Gasteiger partial charge in [-0.15, -0.1) is 5.10 Å². The van der Waals surface area contributed by atoms with Gasteiger partial charge in [0.15, 0.2) is 17.3 Å². The Hall–Kier alpha value is -4.36. The molecule has 8 rings (SSSR count). The van der Waals surface area contributed by atoms with E-state index in [0.717, 1.165) is 47.0 Å². The summed E-state index contributed by atoms with van der Waals surface area (Å²) in [4.78, 5) is 22.4. The van der Waals surface area contributed by atoms with Crippen LogP contribution in [0, 0.1) is 30.5 Å². The number of hydrogen-bond acceptors (Lipinski definition) is 9. The average molecular weight is 647 g/mol. The third-order valence-corrected chi connectivity index (χ3v) is 11.0. The van der Waals surface area contributed by atoms with Crippen molar-refractivity contribution in [1.82, 2.24) is 23.6 Å². The minimum atomic E-state index is -4.10. The van der Waals surface area contributed by atoms with Gasteiger partial charge < -0.3 is 14.8 Å². The molecule has 5 aromatic rings. The minimum absolute atomic E-state index is 0.0507. The van der Waals surface area contributed by atoms with Gasteiger partial charge in [-0.2, -0.15) is 0 Å².